The second-order valence-electron chi connectivity index (χ2n) is 8.05. The summed E-state index contributed by atoms with van der Waals surface area (Å²) in [5.74, 6) is -0.0806. The van der Waals surface area contributed by atoms with Gasteiger partial charge in [0.1, 0.15) is 22.4 Å². The molecule has 0 saturated carbocycles. The molecule has 2 aromatic heterocycles. The van der Waals surface area contributed by atoms with Crippen LogP contribution in [0.25, 0.3) is 11.1 Å². The number of nitriles is 1. The molecule has 0 aliphatic heterocycles. The zero-order valence-electron chi connectivity index (χ0n) is 20.8. The number of methoxy groups -OCH3 is 1. The van der Waals surface area contributed by atoms with E-state index in [2.05, 4.69) is 5.32 Å². The molecule has 1 N–H and O–H groups in total. The van der Waals surface area contributed by atoms with Crippen LogP contribution in [0, 0.1) is 39.0 Å². The number of carbonyl (C=O) groups is 2. The van der Waals surface area contributed by atoms with Crippen LogP contribution in [-0.2, 0) is 16.1 Å². The Balaban J connectivity index is 1.91. The van der Waals surface area contributed by atoms with Gasteiger partial charge in [-0.05, 0) is 75.6 Å². The number of aryl methyl sites for hydroxylation is 2. The lowest BCUT2D eigenvalue weighted by molar-refractivity contribution is -0.117. The highest BCUT2D eigenvalue weighted by atomic mass is 32.1. The predicted molar refractivity (Wildman–Crippen MR) is 137 cm³/mol. The molecule has 0 bridgehead atoms. The Morgan fingerprint density at radius 1 is 1.17 bits per heavy atom. The number of hydrogen-bond donors (Lipinski definition) is 1. The number of hydrogen-bond acceptors (Lipinski definition) is 6. The molecule has 0 atom stereocenters. The van der Waals surface area contributed by atoms with Crippen molar-refractivity contribution in [1.29, 1.82) is 5.26 Å². The van der Waals surface area contributed by atoms with Gasteiger partial charge in [0.05, 0.1) is 19.3 Å². The molecule has 3 rings (SSSR count). The molecule has 1 amide bonds. The molecule has 35 heavy (non-hydrogen) atoms. The van der Waals surface area contributed by atoms with Crippen LogP contribution < -0.4 is 10.1 Å². The maximum Gasteiger partial charge on any atom is 0.341 e. The van der Waals surface area contributed by atoms with E-state index < -0.39 is 5.91 Å². The molecule has 182 valence electrons. The van der Waals surface area contributed by atoms with Crippen LogP contribution in [0.5, 0.6) is 5.75 Å². The molecule has 0 aliphatic carbocycles. The predicted octanol–water partition coefficient (Wildman–Crippen LogP) is 5.18. The van der Waals surface area contributed by atoms with Crippen LogP contribution in [0.15, 0.2) is 35.9 Å². The van der Waals surface area contributed by atoms with Gasteiger partial charge in [-0.2, -0.15) is 5.26 Å². The van der Waals surface area contributed by atoms with E-state index in [0.29, 0.717) is 12.2 Å². The van der Waals surface area contributed by atoms with Gasteiger partial charge < -0.3 is 19.4 Å². The van der Waals surface area contributed by atoms with Crippen molar-refractivity contribution in [2.24, 2.45) is 0 Å². The first-order valence-electron chi connectivity index (χ1n) is 11.2. The Morgan fingerprint density at radius 3 is 2.46 bits per heavy atom. The largest absolute Gasteiger partial charge is 0.497 e. The summed E-state index contributed by atoms with van der Waals surface area (Å²) in [5, 5.41) is 13.2. The molecule has 8 heteroatoms. The molecule has 7 nitrogen and oxygen atoms in total. The molecule has 3 aromatic rings. The third kappa shape index (κ3) is 5.47. The standard InChI is InChI=1S/C27H29N3O4S/c1-7-34-27(32)24-17(3)19(5)35-26(24)30-16(2)12-21(18(30)4)13-22(14-28)25(31)29-15-20-8-10-23(33-6)11-9-20/h8-13H,7,15H2,1-6H3,(H,29,31)/b22-13-. The molecule has 0 fully saturated rings. The van der Waals surface area contributed by atoms with Crippen molar-refractivity contribution < 1.29 is 19.1 Å². The minimum Gasteiger partial charge on any atom is -0.497 e. The van der Waals surface area contributed by atoms with Crippen molar-refractivity contribution in [3.63, 3.8) is 0 Å². The van der Waals surface area contributed by atoms with Crippen LogP contribution in [0.1, 0.15) is 50.2 Å². The lowest BCUT2D eigenvalue weighted by Crippen LogP contribution is -2.23. The lowest BCUT2D eigenvalue weighted by atomic mass is 10.1. The normalized spacial score (nSPS) is 11.2. The zero-order chi connectivity index (χ0) is 25.7. The second-order valence-corrected chi connectivity index (χ2v) is 9.25. The summed E-state index contributed by atoms with van der Waals surface area (Å²) in [6.07, 6.45) is 1.58. The Labute approximate surface area is 209 Å². The number of thiophene rings is 1. The summed E-state index contributed by atoms with van der Waals surface area (Å²) in [4.78, 5) is 26.4. The summed E-state index contributed by atoms with van der Waals surface area (Å²) < 4.78 is 12.4. The van der Waals surface area contributed by atoms with Gasteiger partial charge in [-0.25, -0.2) is 4.79 Å². The third-order valence-electron chi connectivity index (χ3n) is 5.80. The highest BCUT2D eigenvalue weighted by molar-refractivity contribution is 7.15. The smallest absolute Gasteiger partial charge is 0.341 e. The fourth-order valence-corrected chi connectivity index (χ4v) is 5.04. The number of esters is 1. The number of nitrogens with one attached hydrogen (secondary N) is 1. The molecule has 0 unspecified atom stereocenters. The summed E-state index contributed by atoms with van der Waals surface area (Å²) in [5.41, 5.74) is 4.78. The first-order chi connectivity index (χ1) is 16.7. The molecule has 1 aromatic carbocycles. The first-order valence-corrected chi connectivity index (χ1v) is 12.0. The van der Waals surface area contributed by atoms with Gasteiger partial charge in [-0.1, -0.05) is 12.1 Å². The number of rotatable bonds is 8. The molecule has 0 radical (unpaired) electrons. The Hall–Kier alpha value is -3.83. The summed E-state index contributed by atoms with van der Waals surface area (Å²) in [7, 11) is 1.59. The van der Waals surface area contributed by atoms with Crippen molar-refractivity contribution in [3.05, 3.63) is 74.4 Å². The number of amides is 1. The van der Waals surface area contributed by atoms with E-state index in [0.717, 1.165) is 43.7 Å². The maximum atomic E-state index is 12.7. The summed E-state index contributed by atoms with van der Waals surface area (Å²) in [6.45, 7) is 10.1. The number of ether oxygens (including phenoxy) is 2. The Kier molecular flexibility index (Phi) is 8.15. The fourth-order valence-electron chi connectivity index (χ4n) is 3.78. The van der Waals surface area contributed by atoms with Crippen LogP contribution in [-0.4, -0.2) is 30.2 Å². The summed E-state index contributed by atoms with van der Waals surface area (Å²) in [6, 6.07) is 11.3. The minimum atomic E-state index is -0.455. The monoisotopic (exact) mass is 491 g/mol. The van der Waals surface area contributed by atoms with E-state index in [1.807, 2.05) is 68.7 Å². The maximum absolute atomic E-state index is 12.7. The molecule has 0 saturated heterocycles. The SMILES string of the molecule is CCOC(=O)c1c(-n2c(C)cc(/C=C(/C#N)C(=O)NCc3ccc(OC)cc3)c2C)sc(C)c1C. The van der Waals surface area contributed by atoms with Crippen LogP contribution in [0.3, 0.4) is 0 Å². The molecule has 0 spiro atoms. The highest BCUT2D eigenvalue weighted by Crippen LogP contribution is 2.35. The van der Waals surface area contributed by atoms with E-state index in [4.69, 9.17) is 9.47 Å². The highest BCUT2D eigenvalue weighted by Gasteiger charge is 2.24. The van der Waals surface area contributed by atoms with Crippen LogP contribution in [0.4, 0.5) is 0 Å². The van der Waals surface area contributed by atoms with Gasteiger partial charge in [-0.3, -0.25) is 4.79 Å². The number of aromatic nitrogens is 1. The Bertz CT molecular complexity index is 1320. The topological polar surface area (TPSA) is 93.4 Å². The number of carbonyl (C=O) groups excluding carboxylic acids is 2. The third-order valence-corrected chi connectivity index (χ3v) is 6.99. The van der Waals surface area contributed by atoms with Crippen molar-refractivity contribution >= 4 is 29.3 Å². The fraction of sp³-hybridized carbons (Fsp3) is 0.296. The van der Waals surface area contributed by atoms with Gasteiger partial charge in [-0.15, -0.1) is 11.3 Å². The first kappa shape index (κ1) is 25.8. The lowest BCUT2D eigenvalue weighted by Gasteiger charge is -2.11. The quantitative estimate of drug-likeness (QED) is 0.266. The molecule has 0 aliphatic rings. The van der Waals surface area contributed by atoms with Crippen molar-refractivity contribution in [2.75, 3.05) is 13.7 Å². The number of benzene rings is 1. The van der Waals surface area contributed by atoms with E-state index >= 15 is 0 Å². The number of nitrogens with zero attached hydrogens (tertiary/aromatic N) is 2. The molecule has 2 heterocycles. The molecular weight excluding hydrogens is 462 g/mol. The van der Waals surface area contributed by atoms with Gasteiger partial charge in [0.2, 0.25) is 0 Å². The molecular formula is C27H29N3O4S. The van der Waals surface area contributed by atoms with Gasteiger partial charge in [0.25, 0.3) is 5.91 Å². The Morgan fingerprint density at radius 2 is 1.86 bits per heavy atom. The zero-order valence-corrected chi connectivity index (χ0v) is 21.6. The van der Waals surface area contributed by atoms with Crippen molar-refractivity contribution in [1.82, 2.24) is 9.88 Å². The van der Waals surface area contributed by atoms with Gasteiger partial charge in [0.15, 0.2) is 0 Å². The second kappa shape index (κ2) is 11.1. The minimum absolute atomic E-state index is 0.00270. The van der Waals surface area contributed by atoms with Crippen molar-refractivity contribution in [2.45, 2.75) is 41.2 Å². The van der Waals surface area contributed by atoms with Gasteiger partial charge >= 0.3 is 5.97 Å². The van der Waals surface area contributed by atoms with Crippen LogP contribution >= 0.6 is 11.3 Å². The van der Waals surface area contributed by atoms with E-state index in [1.165, 1.54) is 11.3 Å². The average Bonchev–Trinajstić information content (AvgIpc) is 3.29. The van der Waals surface area contributed by atoms with E-state index in [1.54, 1.807) is 20.1 Å². The summed E-state index contributed by atoms with van der Waals surface area (Å²) >= 11 is 1.52. The van der Waals surface area contributed by atoms with Crippen LogP contribution in [0.2, 0.25) is 0 Å². The van der Waals surface area contributed by atoms with E-state index in [-0.39, 0.29) is 18.1 Å². The average molecular weight is 492 g/mol. The van der Waals surface area contributed by atoms with E-state index in [9.17, 15) is 14.9 Å². The van der Waals surface area contributed by atoms with Gasteiger partial charge in [0, 0.05) is 22.8 Å². The van der Waals surface area contributed by atoms with Crippen molar-refractivity contribution in [3.8, 4) is 16.8 Å².